The molecule has 0 aliphatic rings. The largest absolute Gasteiger partial charge is 0.495 e. The van der Waals surface area contributed by atoms with E-state index in [-0.39, 0.29) is 11.9 Å². The molecule has 0 radical (unpaired) electrons. The smallest absolute Gasteiger partial charge is 0.271 e. The number of nitrogens with zero attached hydrogens (tertiary/aromatic N) is 4. The average molecular weight is 624 g/mol. The monoisotopic (exact) mass is 623 g/mol. The third-order valence-corrected chi connectivity index (χ3v) is 9.03. The summed E-state index contributed by atoms with van der Waals surface area (Å²) in [6.07, 6.45) is 0. The average Bonchev–Trinajstić information content (AvgIpc) is 3.71. The molecule has 6 aromatic rings. The molecule has 1 amide bonds. The zero-order valence-electron chi connectivity index (χ0n) is 23.1. The van der Waals surface area contributed by atoms with Crippen molar-refractivity contribution in [3.05, 3.63) is 141 Å². The maximum Gasteiger partial charge on any atom is 0.271 e. The van der Waals surface area contributed by atoms with Crippen molar-refractivity contribution in [3.63, 3.8) is 0 Å². The Labute approximate surface area is 262 Å². The highest BCUT2D eigenvalue weighted by molar-refractivity contribution is 7.98. The highest BCUT2D eigenvalue weighted by Crippen LogP contribution is 2.36. The fourth-order valence-electron chi connectivity index (χ4n) is 4.67. The normalized spacial score (nSPS) is 11.0. The molecule has 10 heteroatoms. The summed E-state index contributed by atoms with van der Waals surface area (Å²) in [4.78, 5) is 18.0. The number of hydrogen-bond acceptors (Lipinski definition) is 7. The Kier molecular flexibility index (Phi) is 8.83. The molecule has 0 fully saturated rings. The molecule has 0 aliphatic heterocycles. The minimum atomic E-state index is -0.294. The van der Waals surface area contributed by atoms with Gasteiger partial charge < -0.3 is 10.1 Å². The van der Waals surface area contributed by atoms with Crippen LogP contribution in [0.5, 0.6) is 5.75 Å². The van der Waals surface area contributed by atoms with Gasteiger partial charge in [-0.3, -0.25) is 9.36 Å². The second-order valence-electron chi connectivity index (χ2n) is 9.44. The number of nitrogens with one attached hydrogen (secondary N) is 1. The van der Waals surface area contributed by atoms with E-state index in [0.29, 0.717) is 33.2 Å². The van der Waals surface area contributed by atoms with Crippen molar-refractivity contribution in [2.45, 2.75) is 17.0 Å². The molecule has 0 spiro atoms. The predicted molar refractivity (Wildman–Crippen MR) is 172 cm³/mol. The van der Waals surface area contributed by atoms with Crippen molar-refractivity contribution in [3.8, 4) is 22.8 Å². The summed E-state index contributed by atoms with van der Waals surface area (Å²) in [6.45, 7) is 0. The van der Waals surface area contributed by atoms with Crippen molar-refractivity contribution in [2.75, 3.05) is 7.11 Å². The van der Waals surface area contributed by atoms with Gasteiger partial charge in [0, 0.05) is 10.9 Å². The highest BCUT2D eigenvalue weighted by atomic mass is 35.5. The van der Waals surface area contributed by atoms with Gasteiger partial charge in [-0.1, -0.05) is 108 Å². The topological polar surface area (TPSA) is 81.9 Å². The van der Waals surface area contributed by atoms with E-state index in [4.69, 9.17) is 16.3 Å². The zero-order chi connectivity index (χ0) is 29.6. The molecular formula is C33H26ClN5O2S2. The Bertz CT molecular complexity index is 1800. The molecule has 4 aromatic carbocycles. The summed E-state index contributed by atoms with van der Waals surface area (Å²) >= 11 is 9.47. The minimum absolute atomic E-state index is 0.233. The van der Waals surface area contributed by atoms with Crippen LogP contribution in [0.2, 0.25) is 5.02 Å². The minimum Gasteiger partial charge on any atom is -0.495 e. The van der Waals surface area contributed by atoms with Crippen LogP contribution in [-0.4, -0.2) is 32.8 Å². The molecule has 43 heavy (non-hydrogen) atoms. The van der Waals surface area contributed by atoms with Crippen molar-refractivity contribution in [2.24, 2.45) is 0 Å². The molecule has 0 atom stereocenters. The molecule has 214 valence electrons. The number of carbonyl (C=O) groups excluding carboxylic acids is 1. The zero-order valence-corrected chi connectivity index (χ0v) is 25.4. The highest BCUT2D eigenvalue weighted by Gasteiger charge is 2.22. The Morgan fingerprint density at radius 2 is 1.56 bits per heavy atom. The van der Waals surface area contributed by atoms with Crippen molar-refractivity contribution in [1.82, 2.24) is 25.1 Å². The van der Waals surface area contributed by atoms with Crippen molar-refractivity contribution >= 4 is 40.6 Å². The maximum absolute atomic E-state index is 13.4. The lowest BCUT2D eigenvalue weighted by Gasteiger charge is -2.19. The molecule has 0 bridgehead atoms. The van der Waals surface area contributed by atoms with Crippen LogP contribution in [0.15, 0.2) is 120 Å². The number of hydrogen-bond donors (Lipinski definition) is 1. The first-order valence-corrected chi connectivity index (χ1v) is 15.7. The van der Waals surface area contributed by atoms with Crippen LogP contribution in [-0.2, 0) is 5.75 Å². The second kappa shape index (κ2) is 13.2. The van der Waals surface area contributed by atoms with Crippen LogP contribution in [0.4, 0.5) is 0 Å². The number of thioether (sulfide) groups is 1. The lowest BCUT2D eigenvalue weighted by Crippen LogP contribution is -2.29. The first kappa shape index (κ1) is 28.7. The first-order chi connectivity index (χ1) is 21.1. The quantitative estimate of drug-likeness (QED) is 0.156. The summed E-state index contributed by atoms with van der Waals surface area (Å²) in [5.74, 6) is 1.54. The summed E-state index contributed by atoms with van der Waals surface area (Å²) < 4.78 is 7.60. The van der Waals surface area contributed by atoms with Crippen LogP contribution in [0.25, 0.3) is 17.1 Å². The van der Waals surface area contributed by atoms with Gasteiger partial charge in [0.15, 0.2) is 11.0 Å². The van der Waals surface area contributed by atoms with Gasteiger partial charge in [-0.15, -0.1) is 21.5 Å². The number of aromatic nitrogens is 4. The number of amides is 1. The van der Waals surface area contributed by atoms with Gasteiger partial charge in [-0.05, 0) is 35.4 Å². The summed E-state index contributed by atoms with van der Waals surface area (Å²) in [7, 11) is 1.63. The van der Waals surface area contributed by atoms with Gasteiger partial charge in [-0.25, -0.2) is 4.98 Å². The van der Waals surface area contributed by atoms with E-state index in [2.05, 4.69) is 20.5 Å². The van der Waals surface area contributed by atoms with E-state index in [0.717, 1.165) is 27.4 Å². The van der Waals surface area contributed by atoms with Gasteiger partial charge in [0.2, 0.25) is 0 Å². The maximum atomic E-state index is 13.4. The van der Waals surface area contributed by atoms with Gasteiger partial charge in [0.25, 0.3) is 5.91 Å². The number of rotatable bonds is 10. The lowest BCUT2D eigenvalue weighted by molar-refractivity contribution is 0.0938. The van der Waals surface area contributed by atoms with Crippen LogP contribution in [0.3, 0.4) is 0 Å². The predicted octanol–water partition coefficient (Wildman–Crippen LogP) is 7.86. The van der Waals surface area contributed by atoms with Crippen LogP contribution < -0.4 is 10.1 Å². The van der Waals surface area contributed by atoms with E-state index >= 15 is 0 Å². The Morgan fingerprint density at radius 3 is 2.26 bits per heavy atom. The molecule has 0 saturated heterocycles. The number of methoxy groups -OCH3 is 1. The summed E-state index contributed by atoms with van der Waals surface area (Å²) in [5, 5.41) is 16.0. The van der Waals surface area contributed by atoms with E-state index in [1.807, 2.05) is 114 Å². The standard InChI is InChI=1S/C33H26ClN5O2S2/c1-41-28-19-11-10-18-27(28)39-31(24-16-8-9-17-25(24)34)37-38-33(39)43-21-29-35-26(20-42-29)32(40)36-30(22-12-4-2-5-13-22)23-14-6-3-7-15-23/h2-20,30H,21H2,1H3,(H,36,40). The molecule has 0 unspecified atom stereocenters. The molecule has 0 aliphatic carbocycles. The Morgan fingerprint density at radius 1 is 0.907 bits per heavy atom. The number of ether oxygens (including phenoxy) is 1. The molecule has 2 heterocycles. The number of carbonyl (C=O) groups is 1. The summed E-state index contributed by atoms with van der Waals surface area (Å²) in [5.41, 5.74) is 3.92. The molecule has 1 N–H and O–H groups in total. The Hall–Kier alpha value is -4.44. The summed E-state index contributed by atoms with van der Waals surface area (Å²) in [6, 6.07) is 34.8. The third-order valence-electron chi connectivity index (χ3n) is 6.72. The second-order valence-corrected chi connectivity index (χ2v) is 11.7. The molecule has 6 rings (SSSR count). The van der Waals surface area contributed by atoms with Crippen molar-refractivity contribution < 1.29 is 9.53 Å². The van der Waals surface area contributed by atoms with Crippen LogP contribution in [0.1, 0.15) is 32.7 Å². The van der Waals surface area contributed by atoms with Gasteiger partial charge in [0.05, 0.1) is 29.6 Å². The molecule has 2 aromatic heterocycles. The fourth-order valence-corrected chi connectivity index (χ4v) is 6.63. The Balaban J connectivity index is 1.24. The van der Waals surface area contributed by atoms with Gasteiger partial charge >= 0.3 is 0 Å². The van der Waals surface area contributed by atoms with E-state index < -0.39 is 0 Å². The SMILES string of the molecule is COc1ccccc1-n1c(SCc2nc(C(=O)NC(c3ccccc3)c3ccccc3)cs2)nnc1-c1ccccc1Cl. The van der Waals surface area contributed by atoms with Gasteiger partial charge in [-0.2, -0.15) is 0 Å². The lowest BCUT2D eigenvalue weighted by atomic mass is 9.98. The van der Waals surface area contributed by atoms with Gasteiger partial charge in [0.1, 0.15) is 16.5 Å². The third kappa shape index (κ3) is 6.34. The molecular weight excluding hydrogens is 598 g/mol. The number of para-hydroxylation sites is 2. The number of benzene rings is 4. The van der Waals surface area contributed by atoms with Crippen LogP contribution >= 0.6 is 34.7 Å². The van der Waals surface area contributed by atoms with E-state index in [1.54, 1.807) is 12.5 Å². The number of halogens is 1. The van der Waals surface area contributed by atoms with Crippen LogP contribution in [0, 0.1) is 0 Å². The van der Waals surface area contributed by atoms with Crippen molar-refractivity contribution in [1.29, 1.82) is 0 Å². The van der Waals surface area contributed by atoms with E-state index in [9.17, 15) is 4.79 Å². The first-order valence-electron chi connectivity index (χ1n) is 13.4. The molecule has 0 saturated carbocycles. The number of thiazole rings is 1. The van der Waals surface area contributed by atoms with E-state index in [1.165, 1.54) is 23.1 Å². The fraction of sp³-hybridized carbons (Fsp3) is 0.0909. The molecule has 7 nitrogen and oxygen atoms in total.